The Labute approximate surface area is 258 Å². The van der Waals surface area contributed by atoms with Gasteiger partial charge in [0.05, 0.1) is 18.5 Å². The lowest BCUT2D eigenvalue weighted by atomic mass is 9.99. The molecule has 214 valence electrons. The molecular formula is C35H28ClN3O3S. The van der Waals surface area contributed by atoms with Crippen LogP contribution in [0, 0.1) is 6.92 Å². The molecule has 6 aromatic rings. The third-order valence-electron chi connectivity index (χ3n) is 7.13. The molecule has 0 saturated heterocycles. The summed E-state index contributed by atoms with van der Waals surface area (Å²) in [6, 6.07) is 33.0. The minimum atomic E-state index is -0.319. The molecule has 0 atom stereocenters. The van der Waals surface area contributed by atoms with Gasteiger partial charge in [0, 0.05) is 21.7 Å². The number of ether oxygens (including phenoxy) is 2. The van der Waals surface area contributed by atoms with Gasteiger partial charge in [0.1, 0.15) is 16.3 Å². The highest BCUT2D eigenvalue weighted by molar-refractivity contribution is 7.21. The number of fused-ring (bicyclic) bond motifs is 1. The number of aryl methyl sites for hydroxylation is 1. The highest BCUT2D eigenvalue weighted by Gasteiger charge is 2.23. The molecule has 1 amide bonds. The van der Waals surface area contributed by atoms with E-state index in [1.807, 2.05) is 97.9 Å². The number of aromatic nitrogens is 1. The Kier molecular flexibility index (Phi) is 8.01. The number of methoxy groups -OCH3 is 1. The molecule has 0 saturated carbocycles. The van der Waals surface area contributed by atoms with Crippen LogP contribution >= 0.6 is 22.9 Å². The zero-order valence-corrected chi connectivity index (χ0v) is 25.1. The number of carbonyl (C=O) groups is 1. The Morgan fingerprint density at radius 3 is 2.40 bits per heavy atom. The first kappa shape index (κ1) is 28.3. The van der Waals surface area contributed by atoms with Crippen molar-refractivity contribution in [3.8, 4) is 33.9 Å². The summed E-state index contributed by atoms with van der Waals surface area (Å²) in [4.78, 5) is 19.5. The molecule has 43 heavy (non-hydrogen) atoms. The van der Waals surface area contributed by atoms with E-state index in [0.29, 0.717) is 49.6 Å². The maximum Gasteiger partial charge on any atom is 0.267 e. The van der Waals surface area contributed by atoms with Gasteiger partial charge in [-0.2, -0.15) is 0 Å². The lowest BCUT2D eigenvalue weighted by Crippen LogP contribution is -2.12. The number of carbonyl (C=O) groups excluding carboxylic acids is 1. The zero-order valence-electron chi connectivity index (χ0n) is 23.6. The van der Waals surface area contributed by atoms with Gasteiger partial charge >= 0.3 is 0 Å². The van der Waals surface area contributed by atoms with Crippen LogP contribution in [0.15, 0.2) is 103 Å². The van der Waals surface area contributed by atoms with E-state index in [-0.39, 0.29) is 5.91 Å². The Bertz CT molecular complexity index is 1940. The van der Waals surface area contributed by atoms with E-state index < -0.39 is 0 Å². The van der Waals surface area contributed by atoms with Crippen molar-refractivity contribution < 1.29 is 14.3 Å². The molecule has 0 radical (unpaired) electrons. The number of hydrogen-bond donors (Lipinski definition) is 2. The number of halogens is 1. The van der Waals surface area contributed by atoms with E-state index in [4.69, 9.17) is 31.8 Å². The average molecular weight is 606 g/mol. The van der Waals surface area contributed by atoms with Gasteiger partial charge in [0.2, 0.25) is 0 Å². The van der Waals surface area contributed by atoms with Crippen LogP contribution in [0.5, 0.6) is 11.5 Å². The smallest absolute Gasteiger partial charge is 0.267 e. The first-order valence-electron chi connectivity index (χ1n) is 13.6. The van der Waals surface area contributed by atoms with Gasteiger partial charge < -0.3 is 20.5 Å². The molecule has 4 aromatic carbocycles. The summed E-state index contributed by atoms with van der Waals surface area (Å²) in [5.41, 5.74) is 13.1. The summed E-state index contributed by atoms with van der Waals surface area (Å²) < 4.78 is 11.8. The minimum absolute atomic E-state index is 0.319. The van der Waals surface area contributed by atoms with Crippen LogP contribution in [0.25, 0.3) is 32.6 Å². The number of benzene rings is 4. The number of nitrogens with zero attached hydrogens (tertiary/aromatic N) is 1. The first-order valence-corrected chi connectivity index (χ1v) is 14.8. The van der Waals surface area contributed by atoms with Gasteiger partial charge in [-0.1, -0.05) is 84.4 Å². The predicted octanol–water partition coefficient (Wildman–Crippen LogP) is 9.01. The van der Waals surface area contributed by atoms with Crippen LogP contribution in [0.2, 0.25) is 5.02 Å². The van der Waals surface area contributed by atoms with E-state index in [9.17, 15) is 4.79 Å². The second-order valence-electron chi connectivity index (χ2n) is 10.00. The standard InChI is InChI=1S/C35H28ClN3O3S/c1-21-13-15-25(36)18-27(21)38-34(40)33-32(37)31-26(19-28(39-35(31)43-33)23-11-7-4-8-12-23)24-14-16-29(30(17-24)41-2)42-20-22-9-5-3-6-10-22/h3-19H,20,37H2,1-2H3,(H,38,40). The number of amides is 1. The van der Waals surface area contributed by atoms with Crippen LogP contribution in [-0.4, -0.2) is 18.0 Å². The molecule has 2 heterocycles. The van der Waals surface area contributed by atoms with Gasteiger partial charge in [0.15, 0.2) is 11.5 Å². The maximum absolute atomic E-state index is 13.5. The van der Waals surface area contributed by atoms with Crippen molar-refractivity contribution in [3.63, 3.8) is 0 Å². The number of nitrogens with one attached hydrogen (secondary N) is 1. The molecule has 0 spiro atoms. The summed E-state index contributed by atoms with van der Waals surface area (Å²) in [6.07, 6.45) is 0. The van der Waals surface area contributed by atoms with Crippen LogP contribution in [0.3, 0.4) is 0 Å². The van der Waals surface area contributed by atoms with Crippen molar-refractivity contribution in [2.24, 2.45) is 0 Å². The predicted molar refractivity (Wildman–Crippen MR) is 176 cm³/mol. The number of nitrogens with two attached hydrogens (primary N) is 1. The quantitative estimate of drug-likeness (QED) is 0.181. The fourth-order valence-electron chi connectivity index (χ4n) is 4.87. The minimum Gasteiger partial charge on any atom is -0.493 e. The number of thiophene rings is 1. The van der Waals surface area contributed by atoms with E-state index >= 15 is 0 Å². The van der Waals surface area contributed by atoms with Crippen LogP contribution in [0.4, 0.5) is 11.4 Å². The number of rotatable bonds is 8. The van der Waals surface area contributed by atoms with Gasteiger partial charge in [0.25, 0.3) is 5.91 Å². The third kappa shape index (κ3) is 5.91. The van der Waals surface area contributed by atoms with Gasteiger partial charge in [-0.05, 0) is 59.5 Å². The Hall–Kier alpha value is -4.85. The molecule has 0 fully saturated rings. The van der Waals surface area contributed by atoms with Crippen LogP contribution < -0.4 is 20.5 Å². The second-order valence-corrected chi connectivity index (χ2v) is 11.4. The van der Waals surface area contributed by atoms with Crippen LogP contribution in [-0.2, 0) is 6.61 Å². The summed E-state index contributed by atoms with van der Waals surface area (Å²) in [6.45, 7) is 2.32. The van der Waals surface area contributed by atoms with E-state index in [1.54, 1.807) is 19.2 Å². The second kappa shape index (κ2) is 12.2. The van der Waals surface area contributed by atoms with Gasteiger partial charge in [-0.25, -0.2) is 4.98 Å². The molecule has 0 aliphatic carbocycles. The largest absolute Gasteiger partial charge is 0.493 e. The zero-order chi connectivity index (χ0) is 29.9. The summed E-state index contributed by atoms with van der Waals surface area (Å²) in [7, 11) is 1.62. The normalized spacial score (nSPS) is 11.0. The molecule has 2 aromatic heterocycles. The van der Waals surface area contributed by atoms with Crippen molar-refractivity contribution in [1.82, 2.24) is 4.98 Å². The van der Waals surface area contributed by atoms with Crippen molar-refractivity contribution >= 4 is 50.4 Å². The summed E-state index contributed by atoms with van der Waals surface area (Å²) in [5.74, 6) is 0.891. The molecule has 0 bridgehead atoms. The number of hydrogen-bond acceptors (Lipinski definition) is 6. The summed E-state index contributed by atoms with van der Waals surface area (Å²) >= 11 is 7.45. The molecule has 0 aliphatic heterocycles. The van der Waals surface area contributed by atoms with Gasteiger partial charge in [-0.15, -0.1) is 11.3 Å². The Balaban J connectivity index is 1.44. The molecule has 6 rings (SSSR count). The maximum atomic E-state index is 13.5. The molecular weight excluding hydrogens is 578 g/mol. The van der Waals surface area contributed by atoms with Crippen molar-refractivity contribution in [2.45, 2.75) is 13.5 Å². The summed E-state index contributed by atoms with van der Waals surface area (Å²) in [5, 5.41) is 4.21. The van der Waals surface area contributed by atoms with E-state index in [2.05, 4.69) is 5.32 Å². The molecule has 8 heteroatoms. The average Bonchev–Trinajstić information content (AvgIpc) is 3.38. The molecule has 3 N–H and O–H groups in total. The highest BCUT2D eigenvalue weighted by Crippen LogP contribution is 2.43. The fourth-order valence-corrected chi connectivity index (χ4v) is 6.06. The first-order chi connectivity index (χ1) is 20.9. The highest BCUT2D eigenvalue weighted by atomic mass is 35.5. The lowest BCUT2D eigenvalue weighted by Gasteiger charge is -2.14. The topological polar surface area (TPSA) is 86.5 Å². The number of anilines is 2. The molecule has 6 nitrogen and oxygen atoms in total. The number of pyridine rings is 1. The van der Waals surface area contributed by atoms with Gasteiger partial charge in [-0.3, -0.25) is 4.79 Å². The van der Waals surface area contributed by atoms with Crippen molar-refractivity contribution in [2.75, 3.05) is 18.2 Å². The molecule has 0 unspecified atom stereocenters. The van der Waals surface area contributed by atoms with E-state index in [1.165, 1.54) is 11.3 Å². The van der Waals surface area contributed by atoms with E-state index in [0.717, 1.165) is 33.5 Å². The lowest BCUT2D eigenvalue weighted by molar-refractivity contribution is 0.103. The fraction of sp³-hybridized carbons (Fsp3) is 0.0857. The van der Waals surface area contributed by atoms with Crippen molar-refractivity contribution in [1.29, 1.82) is 0 Å². The Morgan fingerprint density at radius 1 is 0.907 bits per heavy atom. The third-order valence-corrected chi connectivity index (χ3v) is 8.47. The monoisotopic (exact) mass is 605 g/mol. The van der Waals surface area contributed by atoms with Crippen LogP contribution in [0.1, 0.15) is 20.8 Å². The Morgan fingerprint density at radius 2 is 1.65 bits per heavy atom. The van der Waals surface area contributed by atoms with Crippen molar-refractivity contribution in [3.05, 3.63) is 124 Å². The number of nitrogen functional groups attached to an aromatic ring is 1. The molecule has 0 aliphatic rings. The SMILES string of the molecule is COc1cc(-c2cc(-c3ccccc3)nc3sc(C(=O)Nc4cc(Cl)ccc4C)c(N)c23)ccc1OCc1ccccc1.